The molecule has 1 rings (SSSR count). The van der Waals surface area contributed by atoms with E-state index in [0.717, 1.165) is 6.42 Å². The van der Waals surface area contributed by atoms with E-state index in [2.05, 4.69) is 5.32 Å². The number of nitro groups is 1. The molecule has 7 nitrogen and oxygen atoms in total. The van der Waals surface area contributed by atoms with E-state index in [0.29, 0.717) is 6.61 Å². The van der Waals surface area contributed by atoms with Crippen molar-refractivity contribution in [2.45, 2.75) is 33.2 Å². The molecule has 0 aromatic heterocycles. The average Bonchev–Trinajstić information content (AvgIpc) is 2.41. The van der Waals surface area contributed by atoms with Crippen LogP contribution in [0, 0.1) is 16.0 Å². The second-order valence-electron chi connectivity index (χ2n) is 4.96. The quantitative estimate of drug-likeness (QED) is 0.565. The third kappa shape index (κ3) is 4.34. The van der Waals surface area contributed by atoms with Crippen molar-refractivity contribution in [1.29, 1.82) is 0 Å². The molecule has 0 fully saturated rings. The van der Waals surface area contributed by atoms with Gasteiger partial charge in [-0.15, -0.1) is 0 Å². The Labute approximate surface area is 123 Å². The molecule has 1 unspecified atom stereocenters. The highest BCUT2D eigenvalue weighted by molar-refractivity contribution is 5.80. The molecule has 2 N–H and O–H groups in total. The van der Waals surface area contributed by atoms with E-state index in [1.54, 1.807) is 19.9 Å². The van der Waals surface area contributed by atoms with Crippen LogP contribution in [0.1, 0.15) is 27.2 Å². The molecule has 0 aliphatic heterocycles. The van der Waals surface area contributed by atoms with Gasteiger partial charge in [-0.3, -0.25) is 10.1 Å². The van der Waals surface area contributed by atoms with Crippen LogP contribution in [0.5, 0.6) is 5.75 Å². The van der Waals surface area contributed by atoms with Crippen LogP contribution in [0.4, 0.5) is 11.4 Å². The standard InChI is InChI=1S/C14H20N2O5/c1-4-8-21-11-7-5-6-10(13(11)16(19)20)15-12(9(2)3)14(17)18/h5-7,9,12,15H,4,8H2,1-3H3,(H,17,18). The fourth-order valence-electron chi connectivity index (χ4n) is 1.84. The van der Waals surface area contributed by atoms with Crippen LogP contribution in [0.3, 0.4) is 0 Å². The fraction of sp³-hybridized carbons (Fsp3) is 0.500. The normalized spacial score (nSPS) is 12.0. The zero-order valence-corrected chi connectivity index (χ0v) is 12.3. The van der Waals surface area contributed by atoms with Gasteiger partial charge in [-0.2, -0.15) is 0 Å². The van der Waals surface area contributed by atoms with Gasteiger partial charge >= 0.3 is 11.7 Å². The van der Waals surface area contributed by atoms with E-state index in [-0.39, 0.29) is 23.0 Å². The molecule has 0 heterocycles. The topological polar surface area (TPSA) is 102 Å². The predicted molar refractivity (Wildman–Crippen MR) is 78.8 cm³/mol. The smallest absolute Gasteiger partial charge is 0.333 e. The maximum Gasteiger partial charge on any atom is 0.333 e. The lowest BCUT2D eigenvalue weighted by atomic mass is 10.0. The molecular formula is C14H20N2O5. The highest BCUT2D eigenvalue weighted by atomic mass is 16.6. The zero-order chi connectivity index (χ0) is 16.0. The zero-order valence-electron chi connectivity index (χ0n) is 12.3. The molecular weight excluding hydrogens is 276 g/mol. The second kappa shape index (κ2) is 7.47. The summed E-state index contributed by atoms with van der Waals surface area (Å²) in [6, 6.07) is 3.67. The van der Waals surface area contributed by atoms with Gasteiger partial charge in [0.1, 0.15) is 11.7 Å². The monoisotopic (exact) mass is 296 g/mol. The largest absolute Gasteiger partial charge is 0.487 e. The minimum atomic E-state index is -1.06. The molecule has 1 aromatic rings. The van der Waals surface area contributed by atoms with Crippen LogP contribution in [0.25, 0.3) is 0 Å². The van der Waals surface area contributed by atoms with E-state index in [1.165, 1.54) is 12.1 Å². The SMILES string of the molecule is CCCOc1cccc(NC(C(=O)O)C(C)C)c1[N+](=O)[O-]. The summed E-state index contributed by atoms with van der Waals surface area (Å²) in [6.07, 6.45) is 0.721. The molecule has 0 saturated heterocycles. The van der Waals surface area contributed by atoms with Gasteiger partial charge in [0.2, 0.25) is 0 Å². The molecule has 0 amide bonds. The van der Waals surface area contributed by atoms with Crippen molar-refractivity contribution in [2.24, 2.45) is 5.92 Å². The Kier molecular flexibility index (Phi) is 5.95. The van der Waals surface area contributed by atoms with Crippen molar-refractivity contribution in [1.82, 2.24) is 0 Å². The van der Waals surface area contributed by atoms with Gasteiger partial charge in [0, 0.05) is 0 Å². The number of hydrogen-bond donors (Lipinski definition) is 2. The van der Waals surface area contributed by atoms with Crippen molar-refractivity contribution < 1.29 is 19.6 Å². The van der Waals surface area contributed by atoms with Crippen LogP contribution >= 0.6 is 0 Å². The number of hydrogen-bond acceptors (Lipinski definition) is 5. The Morgan fingerprint density at radius 1 is 1.48 bits per heavy atom. The maximum absolute atomic E-state index is 11.3. The van der Waals surface area contributed by atoms with Crippen molar-refractivity contribution in [3.8, 4) is 5.75 Å². The maximum atomic E-state index is 11.3. The van der Waals surface area contributed by atoms with Gasteiger partial charge in [-0.1, -0.05) is 26.8 Å². The average molecular weight is 296 g/mol. The summed E-state index contributed by atoms with van der Waals surface area (Å²) in [5, 5.41) is 23.2. The van der Waals surface area contributed by atoms with E-state index in [9.17, 15) is 20.0 Å². The van der Waals surface area contributed by atoms with Crippen molar-refractivity contribution in [2.75, 3.05) is 11.9 Å². The van der Waals surface area contributed by atoms with Crippen LogP contribution in [0.15, 0.2) is 18.2 Å². The number of rotatable bonds is 8. The number of para-hydroxylation sites is 1. The molecule has 1 atom stereocenters. The lowest BCUT2D eigenvalue weighted by molar-refractivity contribution is -0.385. The molecule has 0 aliphatic rings. The number of nitrogens with zero attached hydrogens (tertiary/aromatic N) is 1. The summed E-state index contributed by atoms with van der Waals surface area (Å²) in [7, 11) is 0. The van der Waals surface area contributed by atoms with Gasteiger partial charge in [-0.25, -0.2) is 4.79 Å². The molecule has 1 aromatic carbocycles. The minimum Gasteiger partial charge on any atom is -0.487 e. The van der Waals surface area contributed by atoms with Crippen LogP contribution in [-0.4, -0.2) is 28.6 Å². The Hall–Kier alpha value is -2.31. The highest BCUT2D eigenvalue weighted by Gasteiger charge is 2.27. The Morgan fingerprint density at radius 3 is 2.62 bits per heavy atom. The molecule has 0 spiro atoms. The lowest BCUT2D eigenvalue weighted by Crippen LogP contribution is -2.34. The van der Waals surface area contributed by atoms with Crippen molar-refractivity contribution in [3.05, 3.63) is 28.3 Å². The van der Waals surface area contributed by atoms with Crippen LogP contribution < -0.4 is 10.1 Å². The summed E-state index contributed by atoms with van der Waals surface area (Å²) in [5.41, 5.74) is -0.0902. The van der Waals surface area contributed by atoms with Gasteiger partial charge in [0.15, 0.2) is 5.75 Å². The third-order valence-electron chi connectivity index (χ3n) is 2.89. The number of nitro benzene ring substituents is 1. The van der Waals surface area contributed by atoms with E-state index >= 15 is 0 Å². The number of carboxylic acid groups (broad SMARTS) is 1. The first-order valence-electron chi connectivity index (χ1n) is 6.78. The summed E-state index contributed by atoms with van der Waals surface area (Å²) in [6.45, 7) is 5.72. The molecule has 116 valence electrons. The van der Waals surface area contributed by atoms with Gasteiger partial charge in [-0.05, 0) is 24.5 Å². The van der Waals surface area contributed by atoms with E-state index in [1.807, 2.05) is 6.92 Å². The number of ether oxygens (including phenoxy) is 1. The molecule has 0 bridgehead atoms. The number of carboxylic acids is 1. The second-order valence-corrected chi connectivity index (χ2v) is 4.96. The number of aliphatic carboxylic acids is 1. The van der Waals surface area contributed by atoms with Crippen LogP contribution in [0.2, 0.25) is 0 Å². The summed E-state index contributed by atoms with van der Waals surface area (Å²) in [5.74, 6) is -1.14. The summed E-state index contributed by atoms with van der Waals surface area (Å²) < 4.78 is 5.36. The predicted octanol–water partition coefficient (Wildman–Crippen LogP) is 2.90. The third-order valence-corrected chi connectivity index (χ3v) is 2.89. The number of carbonyl (C=O) groups is 1. The van der Waals surface area contributed by atoms with Crippen molar-refractivity contribution >= 4 is 17.3 Å². The molecule has 21 heavy (non-hydrogen) atoms. The number of anilines is 1. The van der Waals surface area contributed by atoms with Crippen LogP contribution in [-0.2, 0) is 4.79 Å². The number of benzene rings is 1. The first-order chi connectivity index (χ1) is 9.88. The Bertz CT molecular complexity index is 516. The van der Waals surface area contributed by atoms with E-state index < -0.39 is 16.9 Å². The Balaban J connectivity index is 3.16. The molecule has 0 aliphatic carbocycles. The highest BCUT2D eigenvalue weighted by Crippen LogP contribution is 2.35. The van der Waals surface area contributed by atoms with Gasteiger partial charge in [0.05, 0.1) is 11.5 Å². The fourth-order valence-corrected chi connectivity index (χ4v) is 1.84. The van der Waals surface area contributed by atoms with Crippen molar-refractivity contribution in [3.63, 3.8) is 0 Å². The minimum absolute atomic E-state index is 0.139. The van der Waals surface area contributed by atoms with Gasteiger partial charge in [0.25, 0.3) is 0 Å². The number of nitrogens with one attached hydrogen (secondary N) is 1. The summed E-state index contributed by atoms with van der Waals surface area (Å²) in [4.78, 5) is 21.9. The lowest BCUT2D eigenvalue weighted by Gasteiger charge is -2.19. The molecule has 0 saturated carbocycles. The van der Waals surface area contributed by atoms with E-state index in [4.69, 9.17) is 4.74 Å². The molecule has 0 radical (unpaired) electrons. The molecule has 7 heteroatoms. The Morgan fingerprint density at radius 2 is 2.14 bits per heavy atom. The first-order valence-corrected chi connectivity index (χ1v) is 6.78. The summed E-state index contributed by atoms with van der Waals surface area (Å²) >= 11 is 0. The van der Waals surface area contributed by atoms with Gasteiger partial charge < -0.3 is 15.2 Å². The first kappa shape index (κ1) is 16.7.